The number of oxime groups is 1. The Labute approximate surface area is 115 Å². The topological polar surface area (TPSA) is 33.6 Å². The van der Waals surface area contributed by atoms with Gasteiger partial charge in [0.1, 0.15) is 7.11 Å². The van der Waals surface area contributed by atoms with E-state index in [-0.39, 0.29) is 12.0 Å². The van der Waals surface area contributed by atoms with Crippen molar-refractivity contribution in [1.29, 1.82) is 0 Å². The van der Waals surface area contributed by atoms with Gasteiger partial charge in [0.15, 0.2) is 0 Å². The van der Waals surface area contributed by atoms with Crippen LogP contribution < -0.4 is 5.32 Å². The van der Waals surface area contributed by atoms with Crippen LogP contribution in [0, 0.1) is 0 Å². The van der Waals surface area contributed by atoms with E-state index < -0.39 is 11.7 Å². The Bertz CT molecular complexity index is 500. The molecule has 0 fully saturated rings. The summed E-state index contributed by atoms with van der Waals surface area (Å²) in [7, 11) is 1.42. The van der Waals surface area contributed by atoms with Crippen LogP contribution in [0.2, 0.25) is 0 Å². The molecule has 0 radical (unpaired) electrons. The van der Waals surface area contributed by atoms with Crippen LogP contribution in [0.1, 0.15) is 36.8 Å². The highest BCUT2D eigenvalue weighted by molar-refractivity contribution is 5.74. The lowest BCUT2D eigenvalue weighted by molar-refractivity contribution is -0.137. The number of hydrogen-bond donors (Lipinski definition) is 1. The molecule has 110 valence electrons. The maximum atomic E-state index is 12.8. The smallest absolute Gasteiger partial charge is 0.399 e. The van der Waals surface area contributed by atoms with E-state index >= 15 is 0 Å². The summed E-state index contributed by atoms with van der Waals surface area (Å²) in [6, 6.07) is 4.02. The molecule has 1 aliphatic heterocycles. The monoisotopic (exact) mass is 286 g/mol. The number of alkyl halides is 3. The van der Waals surface area contributed by atoms with Gasteiger partial charge in [0, 0.05) is 17.6 Å². The molecule has 1 heterocycles. The Morgan fingerprint density at radius 3 is 2.80 bits per heavy atom. The Hall–Kier alpha value is -1.72. The zero-order valence-electron chi connectivity index (χ0n) is 11.4. The summed E-state index contributed by atoms with van der Waals surface area (Å²) >= 11 is 0. The van der Waals surface area contributed by atoms with Crippen molar-refractivity contribution in [1.82, 2.24) is 0 Å². The van der Waals surface area contributed by atoms with Crippen molar-refractivity contribution >= 4 is 11.9 Å². The molecule has 1 aliphatic rings. The van der Waals surface area contributed by atoms with Crippen LogP contribution in [0.5, 0.6) is 0 Å². The average molecular weight is 286 g/mol. The van der Waals surface area contributed by atoms with Crippen molar-refractivity contribution in [2.75, 3.05) is 12.4 Å². The minimum Gasteiger partial charge on any atom is -0.399 e. The van der Waals surface area contributed by atoms with Crippen LogP contribution in [0.4, 0.5) is 18.9 Å². The van der Waals surface area contributed by atoms with Gasteiger partial charge in [-0.25, -0.2) is 0 Å². The number of hydrogen-bond acceptors (Lipinski definition) is 3. The van der Waals surface area contributed by atoms with E-state index in [0.717, 1.165) is 18.2 Å². The van der Waals surface area contributed by atoms with E-state index in [1.807, 2.05) is 6.92 Å². The second-order valence-corrected chi connectivity index (χ2v) is 4.83. The third kappa shape index (κ3) is 3.05. The molecule has 2 unspecified atom stereocenters. The predicted molar refractivity (Wildman–Crippen MR) is 72.0 cm³/mol. The van der Waals surface area contributed by atoms with Crippen LogP contribution in [0.25, 0.3) is 0 Å². The standard InChI is InChI=1S/C14H17F3N2O/c1-3-11-6-9(8-18-20-2)12-7-10(14(15,16)17)4-5-13(12)19-11/h4-5,7-9,11,19H,3,6H2,1-2H3. The van der Waals surface area contributed by atoms with Crippen molar-refractivity contribution in [3.8, 4) is 0 Å². The van der Waals surface area contributed by atoms with E-state index in [1.165, 1.54) is 19.2 Å². The number of nitrogens with one attached hydrogen (secondary N) is 1. The zero-order chi connectivity index (χ0) is 14.8. The van der Waals surface area contributed by atoms with Crippen LogP contribution >= 0.6 is 0 Å². The van der Waals surface area contributed by atoms with Gasteiger partial charge in [-0.2, -0.15) is 13.2 Å². The Morgan fingerprint density at radius 1 is 1.45 bits per heavy atom. The van der Waals surface area contributed by atoms with Gasteiger partial charge in [0.2, 0.25) is 0 Å². The highest BCUT2D eigenvalue weighted by Gasteiger charge is 2.33. The summed E-state index contributed by atoms with van der Waals surface area (Å²) in [6.07, 6.45) is -1.16. The van der Waals surface area contributed by atoms with Crippen LogP contribution in [0.3, 0.4) is 0 Å². The summed E-state index contributed by atoms with van der Waals surface area (Å²) in [5.41, 5.74) is 0.720. The molecule has 1 N–H and O–H groups in total. The fourth-order valence-corrected chi connectivity index (χ4v) is 2.43. The molecule has 6 heteroatoms. The van der Waals surface area contributed by atoms with Gasteiger partial charge >= 0.3 is 6.18 Å². The fraction of sp³-hybridized carbons (Fsp3) is 0.500. The number of nitrogens with zero attached hydrogens (tertiary/aromatic N) is 1. The largest absolute Gasteiger partial charge is 0.416 e. The van der Waals surface area contributed by atoms with Crippen molar-refractivity contribution < 1.29 is 18.0 Å². The van der Waals surface area contributed by atoms with Gasteiger partial charge < -0.3 is 10.2 Å². The summed E-state index contributed by atoms with van der Waals surface area (Å²) in [4.78, 5) is 4.65. The van der Waals surface area contributed by atoms with Gasteiger partial charge in [-0.1, -0.05) is 12.1 Å². The maximum absolute atomic E-state index is 12.8. The molecule has 1 aromatic carbocycles. The van der Waals surface area contributed by atoms with E-state index in [0.29, 0.717) is 12.0 Å². The highest BCUT2D eigenvalue weighted by atomic mass is 19.4. The molecule has 0 aromatic heterocycles. The van der Waals surface area contributed by atoms with Crippen LogP contribution in [-0.2, 0) is 11.0 Å². The molecule has 0 aliphatic carbocycles. The molecule has 2 atom stereocenters. The van der Waals surface area contributed by atoms with E-state index in [2.05, 4.69) is 15.3 Å². The van der Waals surface area contributed by atoms with E-state index in [9.17, 15) is 13.2 Å². The van der Waals surface area contributed by atoms with Gasteiger partial charge in [-0.3, -0.25) is 0 Å². The highest BCUT2D eigenvalue weighted by Crippen LogP contribution is 2.38. The molecule has 20 heavy (non-hydrogen) atoms. The fourth-order valence-electron chi connectivity index (χ4n) is 2.43. The summed E-state index contributed by atoms with van der Waals surface area (Å²) in [5.74, 6) is -0.168. The molecular weight excluding hydrogens is 269 g/mol. The summed E-state index contributed by atoms with van der Waals surface area (Å²) in [6.45, 7) is 2.04. The first-order valence-corrected chi connectivity index (χ1v) is 6.50. The van der Waals surface area contributed by atoms with Gasteiger partial charge in [-0.05, 0) is 36.6 Å². The zero-order valence-corrected chi connectivity index (χ0v) is 11.4. The number of rotatable bonds is 3. The lowest BCUT2D eigenvalue weighted by Gasteiger charge is -2.31. The SMILES string of the molecule is CCC1CC(C=NOC)c2cc(C(F)(F)F)ccc2N1. The Balaban J connectivity index is 2.40. The minimum absolute atomic E-state index is 0.168. The van der Waals surface area contributed by atoms with Gasteiger partial charge in [0.25, 0.3) is 0 Å². The third-order valence-electron chi connectivity index (χ3n) is 3.52. The Morgan fingerprint density at radius 2 is 2.20 bits per heavy atom. The normalized spacial score (nSPS) is 22.4. The minimum atomic E-state index is -4.33. The second-order valence-electron chi connectivity index (χ2n) is 4.83. The number of benzene rings is 1. The molecule has 3 nitrogen and oxygen atoms in total. The first kappa shape index (κ1) is 14.7. The molecule has 0 amide bonds. The molecule has 0 spiro atoms. The lowest BCUT2D eigenvalue weighted by Crippen LogP contribution is -2.28. The van der Waals surface area contributed by atoms with Crippen LogP contribution in [-0.4, -0.2) is 19.4 Å². The molecular formula is C14H17F3N2O. The number of anilines is 1. The average Bonchev–Trinajstić information content (AvgIpc) is 2.42. The van der Waals surface area contributed by atoms with Crippen molar-refractivity contribution in [2.24, 2.45) is 5.16 Å². The molecule has 2 rings (SSSR count). The van der Waals surface area contributed by atoms with Gasteiger partial charge in [-0.15, -0.1) is 0 Å². The quantitative estimate of drug-likeness (QED) is 0.672. The summed E-state index contributed by atoms with van der Waals surface area (Å²) in [5, 5.41) is 6.98. The van der Waals surface area contributed by atoms with E-state index in [4.69, 9.17) is 0 Å². The molecule has 0 bridgehead atoms. The van der Waals surface area contributed by atoms with Crippen molar-refractivity contribution in [3.05, 3.63) is 29.3 Å². The predicted octanol–water partition coefficient (Wildman–Crippen LogP) is 4.02. The Kier molecular flexibility index (Phi) is 4.20. The van der Waals surface area contributed by atoms with Crippen molar-refractivity contribution in [2.45, 2.75) is 37.9 Å². The second kappa shape index (κ2) is 5.73. The lowest BCUT2D eigenvalue weighted by atomic mass is 9.86. The third-order valence-corrected chi connectivity index (χ3v) is 3.52. The number of fused-ring (bicyclic) bond motifs is 1. The van der Waals surface area contributed by atoms with Crippen molar-refractivity contribution in [3.63, 3.8) is 0 Å². The molecule has 0 saturated carbocycles. The maximum Gasteiger partial charge on any atom is 0.416 e. The van der Waals surface area contributed by atoms with Gasteiger partial charge in [0.05, 0.1) is 11.8 Å². The van der Waals surface area contributed by atoms with E-state index in [1.54, 1.807) is 6.21 Å². The first-order valence-electron chi connectivity index (χ1n) is 6.50. The number of halogens is 3. The molecule has 1 aromatic rings. The molecule has 0 saturated heterocycles. The van der Waals surface area contributed by atoms with Crippen LogP contribution in [0.15, 0.2) is 23.4 Å². The first-order chi connectivity index (χ1) is 9.45. The summed E-state index contributed by atoms with van der Waals surface area (Å²) < 4.78 is 38.4.